The fraction of sp³-hybridized carbons (Fsp3) is 0.190. The first-order chi connectivity index (χ1) is 11.8. The molecule has 2 atom stereocenters. The van der Waals surface area contributed by atoms with Crippen LogP contribution in [-0.2, 0) is 9.47 Å². The largest absolute Gasteiger partial charge is 0.372 e. The van der Waals surface area contributed by atoms with Crippen LogP contribution in [0.5, 0.6) is 0 Å². The molecule has 0 N–H and O–H groups in total. The molecule has 0 aliphatic rings. The van der Waals surface area contributed by atoms with Gasteiger partial charge in [-0.1, -0.05) is 66.7 Å². The van der Waals surface area contributed by atoms with E-state index in [1.54, 1.807) is 20.4 Å². The van der Waals surface area contributed by atoms with Gasteiger partial charge in [0.2, 0.25) is 0 Å². The van der Waals surface area contributed by atoms with Gasteiger partial charge < -0.3 is 9.47 Å². The average Bonchev–Trinajstić information content (AvgIpc) is 2.66. The normalized spacial score (nSPS) is 13.4. The van der Waals surface area contributed by atoms with Crippen molar-refractivity contribution in [3.05, 3.63) is 101 Å². The lowest BCUT2D eigenvalue weighted by Crippen LogP contribution is -2.13. The van der Waals surface area contributed by atoms with Crippen molar-refractivity contribution in [2.45, 2.75) is 12.2 Å². The highest BCUT2D eigenvalue weighted by molar-refractivity contribution is 5.37. The van der Waals surface area contributed by atoms with Crippen LogP contribution in [0.1, 0.15) is 34.6 Å². The molecule has 0 saturated heterocycles. The number of ether oxygens (including phenoxy) is 2. The quantitative estimate of drug-likeness (QED) is 0.668. The number of pyridine rings is 1. The van der Waals surface area contributed by atoms with Gasteiger partial charge in [0.25, 0.3) is 0 Å². The standard InChI is InChI=1S/C21H21NO2/c1-23-20(16-10-5-3-6-11-16)18-14-9-15-22-19(18)21(24-2)17-12-7-4-8-13-17/h3-15,20-21H,1-2H3. The van der Waals surface area contributed by atoms with Crippen molar-refractivity contribution in [3.8, 4) is 0 Å². The van der Waals surface area contributed by atoms with Gasteiger partial charge in [-0.05, 0) is 17.2 Å². The topological polar surface area (TPSA) is 31.4 Å². The van der Waals surface area contributed by atoms with Crippen LogP contribution in [0.25, 0.3) is 0 Å². The van der Waals surface area contributed by atoms with Gasteiger partial charge in [0.15, 0.2) is 0 Å². The van der Waals surface area contributed by atoms with E-state index >= 15 is 0 Å². The monoisotopic (exact) mass is 319 g/mol. The first kappa shape index (κ1) is 16.4. The van der Waals surface area contributed by atoms with Gasteiger partial charge in [0, 0.05) is 26.0 Å². The number of aromatic nitrogens is 1. The molecule has 3 nitrogen and oxygen atoms in total. The number of methoxy groups -OCH3 is 2. The summed E-state index contributed by atoms with van der Waals surface area (Å²) in [6.45, 7) is 0. The summed E-state index contributed by atoms with van der Waals surface area (Å²) < 4.78 is 11.6. The van der Waals surface area contributed by atoms with Gasteiger partial charge in [-0.25, -0.2) is 0 Å². The van der Waals surface area contributed by atoms with E-state index in [0.29, 0.717) is 0 Å². The molecule has 3 heteroatoms. The Hall–Kier alpha value is -2.49. The fourth-order valence-electron chi connectivity index (χ4n) is 2.97. The molecule has 0 aliphatic carbocycles. The minimum Gasteiger partial charge on any atom is -0.372 e. The van der Waals surface area contributed by atoms with Crippen molar-refractivity contribution in [2.75, 3.05) is 14.2 Å². The summed E-state index contributed by atoms with van der Waals surface area (Å²) in [6.07, 6.45) is 1.38. The Bertz CT molecular complexity index is 693. The van der Waals surface area contributed by atoms with Crippen LogP contribution < -0.4 is 0 Å². The highest BCUT2D eigenvalue weighted by Gasteiger charge is 2.24. The molecule has 2 aromatic carbocycles. The predicted octanol–water partition coefficient (Wildman–Crippen LogP) is 4.55. The third kappa shape index (κ3) is 3.37. The van der Waals surface area contributed by atoms with E-state index in [0.717, 1.165) is 22.4 Å². The van der Waals surface area contributed by atoms with Crippen LogP contribution >= 0.6 is 0 Å². The first-order valence-corrected chi connectivity index (χ1v) is 7.95. The summed E-state index contributed by atoms with van der Waals surface area (Å²) >= 11 is 0. The Kier molecular flexibility index (Phi) is 5.36. The highest BCUT2D eigenvalue weighted by atomic mass is 16.5. The van der Waals surface area contributed by atoms with Crippen LogP contribution in [0.4, 0.5) is 0 Å². The molecule has 122 valence electrons. The highest BCUT2D eigenvalue weighted by Crippen LogP contribution is 2.33. The lowest BCUT2D eigenvalue weighted by molar-refractivity contribution is 0.115. The van der Waals surface area contributed by atoms with Crippen LogP contribution in [0.15, 0.2) is 79.0 Å². The molecule has 3 rings (SSSR count). The molecule has 0 saturated carbocycles. The van der Waals surface area contributed by atoms with Crippen molar-refractivity contribution in [2.24, 2.45) is 0 Å². The molecule has 0 aliphatic heterocycles. The summed E-state index contributed by atoms with van der Waals surface area (Å²) in [5.41, 5.74) is 4.06. The SMILES string of the molecule is COC(c1ccccc1)c1cccnc1C(OC)c1ccccc1. The van der Waals surface area contributed by atoms with E-state index in [9.17, 15) is 0 Å². The van der Waals surface area contributed by atoms with Crippen molar-refractivity contribution in [1.82, 2.24) is 4.98 Å². The number of benzene rings is 2. The van der Waals surface area contributed by atoms with Gasteiger partial charge in [0.1, 0.15) is 12.2 Å². The zero-order valence-corrected chi connectivity index (χ0v) is 13.9. The minimum absolute atomic E-state index is 0.184. The smallest absolute Gasteiger partial charge is 0.124 e. The van der Waals surface area contributed by atoms with E-state index in [-0.39, 0.29) is 12.2 Å². The molecule has 24 heavy (non-hydrogen) atoms. The number of hydrogen-bond donors (Lipinski definition) is 0. The third-order valence-electron chi connectivity index (χ3n) is 4.08. The molecule has 1 heterocycles. The summed E-state index contributed by atoms with van der Waals surface area (Å²) in [5, 5.41) is 0. The zero-order valence-electron chi connectivity index (χ0n) is 13.9. The van der Waals surface area contributed by atoms with E-state index in [1.165, 1.54) is 0 Å². The minimum atomic E-state index is -0.233. The number of rotatable bonds is 6. The summed E-state index contributed by atoms with van der Waals surface area (Å²) in [7, 11) is 3.43. The first-order valence-electron chi connectivity index (χ1n) is 7.95. The molecule has 2 unspecified atom stereocenters. The average molecular weight is 319 g/mol. The Morgan fingerprint density at radius 1 is 0.667 bits per heavy atom. The maximum Gasteiger partial charge on any atom is 0.124 e. The van der Waals surface area contributed by atoms with Gasteiger partial charge in [0.05, 0.1) is 5.69 Å². The second-order valence-electron chi connectivity index (χ2n) is 5.53. The maximum absolute atomic E-state index is 5.80. The summed E-state index contributed by atoms with van der Waals surface area (Å²) in [5.74, 6) is 0. The van der Waals surface area contributed by atoms with Crippen LogP contribution in [-0.4, -0.2) is 19.2 Å². The number of nitrogens with zero attached hydrogens (tertiary/aromatic N) is 1. The van der Waals surface area contributed by atoms with E-state index < -0.39 is 0 Å². The predicted molar refractivity (Wildman–Crippen MR) is 94.8 cm³/mol. The van der Waals surface area contributed by atoms with Crippen LogP contribution in [0, 0.1) is 0 Å². The third-order valence-corrected chi connectivity index (χ3v) is 4.08. The Morgan fingerprint density at radius 3 is 1.75 bits per heavy atom. The summed E-state index contributed by atoms with van der Waals surface area (Å²) in [4.78, 5) is 4.62. The van der Waals surface area contributed by atoms with Crippen LogP contribution in [0.2, 0.25) is 0 Å². The molecule has 0 amide bonds. The molecule has 0 fully saturated rings. The lowest BCUT2D eigenvalue weighted by Gasteiger charge is -2.23. The summed E-state index contributed by atoms with van der Waals surface area (Å²) in [6, 6.07) is 24.3. The van der Waals surface area contributed by atoms with Gasteiger partial charge in [-0.2, -0.15) is 0 Å². The van der Waals surface area contributed by atoms with Crippen molar-refractivity contribution in [1.29, 1.82) is 0 Å². The molecule has 3 aromatic rings. The molecule has 0 spiro atoms. The molecule has 1 aromatic heterocycles. The van der Waals surface area contributed by atoms with Crippen molar-refractivity contribution in [3.63, 3.8) is 0 Å². The zero-order chi connectivity index (χ0) is 16.8. The lowest BCUT2D eigenvalue weighted by atomic mass is 9.95. The van der Waals surface area contributed by atoms with Gasteiger partial charge >= 0.3 is 0 Å². The van der Waals surface area contributed by atoms with E-state index in [4.69, 9.17) is 9.47 Å². The van der Waals surface area contributed by atoms with E-state index in [2.05, 4.69) is 35.3 Å². The van der Waals surface area contributed by atoms with Gasteiger partial charge in [-0.3, -0.25) is 4.98 Å². The second kappa shape index (κ2) is 7.86. The van der Waals surface area contributed by atoms with Crippen molar-refractivity contribution < 1.29 is 9.47 Å². The Morgan fingerprint density at radius 2 is 1.21 bits per heavy atom. The maximum atomic E-state index is 5.80. The van der Waals surface area contributed by atoms with Crippen LogP contribution in [0.3, 0.4) is 0 Å². The second-order valence-corrected chi connectivity index (χ2v) is 5.53. The molecular weight excluding hydrogens is 298 g/mol. The molecule has 0 radical (unpaired) electrons. The number of hydrogen-bond acceptors (Lipinski definition) is 3. The molecule has 0 bridgehead atoms. The van der Waals surface area contributed by atoms with Gasteiger partial charge in [-0.15, -0.1) is 0 Å². The van der Waals surface area contributed by atoms with Crippen molar-refractivity contribution >= 4 is 0 Å². The molecular formula is C21H21NO2. The Labute approximate surface area is 142 Å². The Balaban J connectivity index is 2.07. The fourth-order valence-corrected chi connectivity index (χ4v) is 2.97. The van der Waals surface area contributed by atoms with E-state index in [1.807, 2.05) is 42.5 Å².